The van der Waals surface area contributed by atoms with E-state index in [4.69, 9.17) is 8.85 Å². The summed E-state index contributed by atoms with van der Waals surface area (Å²) >= 11 is 0. The van der Waals surface area contributed by atoms with E-state index >= 15 is 0 Å². The Morgan fingerprint density at radius 3 is 1.20 bits per heavy atom. The normalized spacial score (nSPS) is 15.9. The number of allylic oxidation sites excluding steroid dienone is 9. The summed E-state index contributed by atoms with van der Waals surface area (Å²) in [5.41, 5.74) is 5.09. The first-order valence-electron chi connectivity index (χ1n) is 22.4. The molecule has 2 nitrogen and oxygen atoms in total. The van der Waals surface area contributed by atoms with Crippen molar-refractivity contribution in [2.75, 3.05) is 13.2 Å². The molecule has 2 unspecified atom stereocenters. The van der Waals surface area contributed by atoms with Crippen molar-refractivity contribution in [1.82, 2.24) is 0 Å². The summed E-state index contributed by atoms with van der Waals surface area (Å²) in [6.07, 6.45) is 20.3. The topological polar surface area (TPSA) is 18.5 Å². The quantitative estimate of drug-likeness (QED) is 0.109. The molecule has 0 bridgehead atoms. The zero-order valence-electron chi connectivity index (χ0n) is 36.8. The van der Waals surface area contributed by atoms with Gasteiger partial charge in [0.15, 0.2) is 0 Å². The van der Waals surface area contributed by atoms with Crippen LogP contribution in [0.25, 0.3) is 6.08 Å². The third kappa shape index (κ3) is 9.20. The Bertz CT molecular complexity index is 2470. The Hall–Kier alpha value is -4.94. The van der Waals surface area contributed by atoms with Gasteiger partial charge in [-0.25, -0.2) is 0 Å². The Balaban J connectivity index is 0.00000216. The number of hydrogen-bond acceptors (Lipinski definition) is 2. The molecular formula is C59H52Cl2O2Si2Zr. The van der Waals surface area contributed by atoms with Crippen molar-refractivity contribution < 1.29 is 59.9 Å². The van der Waals surface area contributed by atoms with Crippen LogP contribution in [0.3, 0.4) is 0 Å². The van der Waals surface area contributed by atoms with Crippen molar-refractivity contribution in [3.8, 4) is 0 Å². The Labute approximate surface area is 424 Å². The zero-order chi connectivity index (χ0) is 42.4. The van der Waals surface area contributed by atoms with Crippen LogP contribution >= 0.6 is 0 Å². The van der Waals surface area contributed by atoms with Crippen molar-refractivity contribution >= 4 is 53.8 Å². The van der Waals surface area contributed by atoms with E-state index in [9.17, 15) is 0 Å². The number of rotatable bonds is 16. The second-order valence-corrected chi connectivity index (χ2v) is 23.7. The fourth-order valence-corrected chi connectivity index (χ4v) is 18.5. The Kier molecular flexibility index (Phi) is 16.5. The molecule has 2 atom stereocenters. The smallest absolute Gasteiger partial charge is 1.00 e. The summed E-state index contributed by atoms with van der Waals surface area (Å²) in [7, 11) is -6.00. The average molecular weight is 1010 g/mol. The van der Waals surface area contributed by atoms with Crippen LogP contribution < -0.4 is 55.9 Å². The molecule has 0 spiro atoms. The molecule has 0 heterocycles. The molecule has 0 saturated carbocycles. The van der Waals surface area contributed by atoms with Crippen LogP contribution in [-0.4, -0.2) is 29.8 Å². The average Bonchev–Trinajstić information content (AvgIpc) is 4.01. The van der Waals surface area contributed by atoms with Gasteiger partial charge in [0.1, 0.15) is 0 Å². The Morgan fingerprint density at radius 2 is 0.788 bits per heavy atom. The van der Waals surface area contributed by atoms with Crippen molar-refractivity contribution in [2.24, 2.45) is 11.3 Å². The molecule has 326 valence electrons. The van der Waals surface area contributed by atoms with E-state index in [1.54, 1.807) is 0 Å². The first-order chi connectivity index (χ1) is 31.2. The van der Waals surface area contributed by atoms with Gasteiger partial charge in [0.25, 0.3) is 16.6 Å². The van der Waals surface area contributed by atoms with Crippen molar-refractivity contribution in [3.63, 3.8) is 0 Å². The van der Waals surface area contributed by atoms with Gasteiger partial charge in [-0.15, -0.1) is 0 Å². The molecule has 0 aromatic heterocycles. The molecule has 0 radical (unpaired) electrons. The van der Waals surface area contributed by atoms with Gasteiger partial charge in [-0.1, -0.05) is 260 Å². The second-order valence-electron chi connectivity index (χ2n) is 16.9. The van der Waals surface area contributed by atoms with E-state index in [1.165, 1.54) is 53.4 Å². The second kappa shape index (κ2) is 22.2. The third-order valence-corrected chi connectivity index (χ3v) is 21.8. The summed E-state index contributed by atoms with van der Waals surface area (Å²) in [6.45, 7) is 1.13. The van der Waals surface area contributed by atoms with Crippen LogP contribution in [0.4, 0.5) is 0 Å². The van der Waals surface area contributed by atoms with Crippen LogP contribution in [-0.2, 0) is 35.1 Å². The molecule has 0 amide bonds. The van der Waals surface area contributed by atoms with Crippen molar-refractivity contribution in [1.29, 1.82) is 0 Å². The number of hydrogen-bond donors (Lipinski definition) is 0. The zero-order valence-corrected chi connectivity index (χ0v) is 42.8. The van der Waals surface area contributed by atoms with Crippen LogP contribution in [0.5, 0.6) is 0 Å². The maximum Gasteiger partial charge on any atom is 2.00 e. The van der Waals surface area contributed by atoms with Crippen LogP contribution in [0.2, 0.25) is 0 Å². The van der Waals surface area contributed by atoms with E-state index in [1.807, 2.05) is 0 Å². The number of fused-ring (bicyclic) bond motifs is 2. The fraction of sp³-hybridized carbons (Fsp3) is 0.119. The third-order valence-electron chi connectivity index (χ3n) is 13.6. The monoisotopic (exact) mass is 1010 g/mol. The summed E-state index contributed by atoms with van der Waals surface area (Å²) < 4.78 is 15.7. The minimum Gasteiger partial charge on any atom is -1.00 e. The molecular weight excluding hydrogens is 959 g/mol. The predicted octanol–water partition coefficient (Wildman–Crippen LogP) is 3.55. The van der Waals surface area contributed by atoms with Gasteiger partial charge < -0.3 is 33.7 Å². The molecule has 7 aromatic rings. The van der Waals surface area contributed by atoms with Gasteiger partial charge in [0, 0.05) is 30.5 Å². The molecule has 0 saturated heterocycles. The molecule has 7 aromatic carbocycles. The maximum atomic E-state index is 7.85. The van der Waals surface area contributed by atoms with Crippen LogP contribution in [0.1, 0.15) is 29.9 Å². The van der Waals surface area contributed by atoms with Crippen LogP contribution in [0, 0.1) is 11.3 Å². The molecule has 3 aliphatic rings. The number of benzene rings is 7. The van der Waals surface area contributed by atoms with E-state index in [-0.39, 0.29) is 68.3 Å². The van der Waals surface area contributed by atoms with Gasteiger partial charge in [-0.3, -0.25) is 0 Å². The van der Waals surface area contributed by atoms with Gasteiger partial charge in [-0.05, 0) is 60.7 Å². The fourth-order valence-electron chi connectivity index (χ4n) is 10.7. The SMILES string of the molecule is C1=CC2=CC=C(C(CCO[Si](c3ccccc3)(c3ccccc3)c3ccccc3)(CCO[Si](c3ccccc3)(c3ccccc3)c3ccccc3)C3C=Cc4ccccc43)C2C=C1.[Cl-].[Cl-].[Zr+2]. The predicted molar refractivity (Wildman–Crippen MR) is 268 cm³/mol. The van der Waals surface area contributed by atoms with Crippen molar-refractivity contribution in [3.05, 3.63) is 271 Å². The summed E-state index contributed by atoms with van der Waals surface area (Å²) in [5, 5.41) is 7.48. The molecule has 0 aliphatic heterocycles. The van der Waals surface area contributed by atoms with E-state index < -0.39 is 16.6 Å². The maximum absolute atomic E-state index is 7.85. The molecule has 7 heteroatoms. The molecule has 0 fully saturated rings. The van der Waals surface area contributed by atoms with Gasteiger partial charge in [0.05, 0.1) is 0 Å². The largest absolute Gasteiger partial charge is 2.00 e. The van der Waals surface area contributed by atoms with Gasteiger partial charge in [-0.2, -0.15) is 0 Å². The summed E-state index contributed by atoms with van der Waals surface area (Å²) in [4.78, 5) is 0. The van der Waals surface area contributed by atoms with Crippen molar-refractivity contribution in [2.45, 2.75) is 18.8 Å². The van der Waals surface area contributed by atoms with Gasteiger partial charge >= 0.3 is 26.2 Å². The molecule has 66 heavy (non-hydrogen) atoms. The molecule has 0 N–H and O–H groups in total. The summed E-state index contributed by atoms with van der Waals surface area (Å²) in [6, 6.07) is 74.9. The summed E-state index contributed by atoms with van der Waals surface area (Å²) in [5.74, 6) is 0.289. The minimum absolute atomic E-state index is 0. The Morgan fingerprint density at radius 1 is 0.409 bits per heavy atom. The first-order valence-corrected chi connectivity index (χ1v) is 26.2. The number of halogens is 2. The van der Waals surface area contributed by atoms with Gasteiger partial charge in [0.2, 0.25) is 0 Å². The molecule has 10 rings (SSSR count). The van der Waals surface area contributed by atoms with E-state index in [0.29, 0.717) is 13.2 Å². The standard InChI is InChI=1S/C59H52O2Si2.2ClH.Zr/c1-7-25-49(26-8-1)62(50-27-9-2-10-28-50,51-29-11-3-12-30-51)60-45-43-59(57-41-39-47-23-19-21-37-55(47)57,58-42-40-48-24-20-22-38-56(48)58)44-46-61-63(52-31-13-4-14-32-52,53-33-15-5-16-34-53)54-35-17-6-18-36-54;;;/h1-42,55,58H,43-46H2;2*1H;/q;;;+2/p-2. The van der Waals surface area contributed by atoms with E-state index in [0.717, 1.165) is 12.8 Å². The van der Waals surface area contributed by atoms with Crippen LogP contribution in [0.15, 0.2) is 260 Å². The van der Waals surface area contributed by atoms with E-state index in [2.05, 4.69) is 255 Å². The molecule has 3 aliphatic carbocycles. The minimum atomic E-state index is -3.00. The first kappa shape index (κ1) is 49.0.